The lowest BCUT2D eigenvalue weighted by atomic mass is 10.1. The number of amides is 1. The number of hydrogen-bond acceptors (Lipinski definition) is 4. The fourth-order valence-corrected chi connectivity index (χ4v) is 4.44. The zero-order chi connectivity index (χ0) is 16.3. The lowest BCUT2D eigenvalue weighted by Crippen LogP contribution is -2.43. The highest BCUT2D eigenvalue weighted by Crippen LogP contribution is 2.22. The molecule has 0 unspecified atom stereocenters. The summed E-state index contributed by atoms with van der Waals surface area (Å²) in [6, 6.07) is 6.70. The Morgan fingerprint density at radius 3 is 2.41 bits per heavy atom. The van der Waals surface area contributed by atoms with Crippen molar-refractivity contribution in [3.8, 4) is 5.75 Å². The molecule has 0 bridgehead atoms. The molecule has 5 nitrogen and oxygen atoms in total. The maximum absolute atomic E-state index is 12.8. The number of benzene rings is 1. The summed E-state index contributed by atoms with van der Waals surface area (Å²) in [5, 5.41) is 0. The minimum atomic E-state index is -3.02. The van der Waals surface area contributed by atoms with Gasteiger partial charge in [-0.15, -0.1) is 0 Å². The topological polar surface area (TPSA) is 63.7 Å². The zero-order valence-electron chi connectivity index (χ0n) is 13.3. The summed E-state index contributed by atoms with van der Waals surface area (Å²) in [7, 11) is -1.44. The van der Waals surface area contributed by atoms with E-state index >= 15 is 0 Å². The van der Waals surface area contributed by atoms with Gasteiger partial charge in [0, 0.05) is 18.2 Å². The summed E-state index contributed by atoms with van der Waals surface area (Å²) < 4.78 is 28.5. The van der Waals surface area contributed by atoms with Gasteiger partial charge in [0.05, 0.1) is 18.6 Å². The summed E-state index contributed by atoms with van der Waals surface area (Å²) in [4.78, 5) is 14.5. The molecule has 0 saturated carbocycles. The largest absolute Gasteiger partial charge is 0.497 e. The van der Waals surface area contributed by atoms with Gasteiger partial charge in [-0.25, -0.2) is 8.42 Å². The first kappa shape index (κ1) is 16.8. The van der Waals surface area contributed by atoms with Gasteiger partial charge in [-0.3, -0.25) is 4.79 Å². The molecule has 0 N–H and O–H groups in total. The van der Waals surface area contributed by atoms with E-state index in [2.05, 4.69) is 0 Å². The predicted molar refractivity (Wildman–Crippen MR) is 85.9 cm³/mol. The molecule has 1 heterocycles. The number of hydrogen-bond donors (Lipinski definition) is 0. The zero-order valence-corrected chi connectivity index (χ0v) is 14.1. The van der Waals surface area contributed by atoms with Crippen molar-refractivity contribution in [1.29, 1.82) is 0 Å². The van der Waals surface area contributed by atoms with Gasteiger partial charge in [-0.05, 0) is 36.6 Å². The second-order valence-electron chi connectivity index (χ2n) is 6.14. The van der Waals surface area contributed by atoms with Crippen LogP contribution in [0.1, 0.15) is 30.6 Å². The first-order valence-electron chi connectivity index (χ1n) is 7.48. The highest BCUT2D eigenvalue weighted by atomic mass is 32.2. The molecule has 1 saturated heterocycles. The third kappa shape index (κ3) is 4.00. The molecular formula is C16H23NO4S. The number of ether oxygens (including phenoxy) is 1. The third-order valence-corrected chi connectivity index (χ3v) is 5.56. The quantitative estimate of drug-likeness (QED) is 0.830. The van der Waals surface area contributed by atoms with E-state index in [1.807, 2.05) is 13.8 Å². The highest BCUT2D eigenvalue weighted by molar-refractivity contribution is 7.91. The Bertz CT molecular complexity index is 622. The Labute approximate surface area is 132 Å². The molecule has 1 aliphatic rings. The van der Waals surface area contributed by atoms with Gasteiger partial charge in [-0.2, -0.15) is 0 Å². The van der Waals surface area contributed by atoms with Crippen molar-refractivity contribution < 1.29 is 17.9 Å². The molecule has 1 aromatic rings. The maximum Gasteiger partial charge on any atom is 0.254 e. The van der Waals surface area contributed by atoms with Crippen LogP contribution in [0.25, 0.3) is 0 Å². The molecule has 122 valence electrons. The molecule has 0 aromatic heterocycles. The molecule has 0 radical (unpaired) electrons. The average molecular weight is 325 g/mol. The molecule has 1 aromatic carbocycles. The van der Waals surface area contributed by atoms with Crippen molar-refractivity contribution in [3.63, 3.8) is 0 Å². The second-order valence-corrected chi connectivity index (χ2v) is 8.37. The number of methoxy groups -OCH3 is 1. The molecule has 1 amide bonds. The number of sulfone groups is 1. The molecule has 1 fully saturated rings. The third-order valence-electron chi connectivity index (χ3n) is 3.81. The molecule has 0 aliphatic carbocycles. The van der Waals surface area contributed by atoms with E-state index in [1.54, 1.807) is 36.3 Å². The van der Waals surface area contributed by atoms with Crippen LogP contribution in [-0.4, -0.2) is 50.4 Å². The van der Waals surface area contributed by atoms with E-state index < -0.39 is 9.84 Å². The van der Waals surface area contributed by atoms with Crippen LogP contribution in [0.4, 0.5) is 0 Å². The molecule has 1 aliphatic heterocycles. The van der Waals surface area contributed by atoms with Crippen molar-refractivity contribution in [1.82, 2.24) is 4.90 Å². The van der Waals surface area contributed by atoms with Gasteiger partial charge in [0.1, 0.15) is 5.75 Å². The van der Waals surface area contributed by atoms with Crippen LogP contribution in [0.2, 0.25) is 0 Å². The van der Waals surface area contributed by atoms with Crippen LogP contribution < -0.4 is 4.74 Å². The Morgan fingerprint density at radius 2 is 1.95 bits per heavy atom. The first-order valence-corrected chi connectivity index (χ1v) is 9.30. The molecule has 1 atom stereocenters. The summed E-state index contributed by atoms with van der Waals surface area (Å²) in [6.07, 6.45) is 0.525. The van der Waals surface area contributed by atoms with E-state index in [0.29, 0.717) is 24.3 Å². The molecule has 0 spiro atoms. The minimum absolute atomic E-state index is 0.0710. The standard InChI is InChI=1S/C16H23NO4S/c1-12(2)10-17(14-8-9-22(19,20)11-14)16(18)13-4-6-15(21-3)7-5-13/h4-7,12,14H,8-11H2,1-3H3/t14-/m1/s1. The van der Waals surface area contributed by atoms with E-state index in [-0.39, 0.29) is 29.4 Å². The van der Waals surface area contributed by atoms with Gasteiger partial charge in [-0.1, -0.05) is 13.8 Å². The summed E-state index contributed by atoms with van der Waals surface area (Å²) in [5.74, 6) is 1.10. The van der Waals surface area contributed by atoms with Crippen LogP contribution in [0.3, 0.4) is 0 Å². The highest BCUT2D eigenvalue weighted by Gasteiger charge is 2.35. The Kier molecular flexibility index (Phi) is 5.11. The Morgan fingerprint density at radius 1 is 1.32 bits per heavy atom. The number of rotatable bonds is 5. The number of carbonyl (C=O) groups excluding carboxylic acids is 1. The number of nitrogens with zero attached hydrogens (tertiary/aromatic N) is 1. The van der Waals surface area contributed by atoms with Crippen molar-refractivity contribution in [2.75, 3.05) is 25.2 Å². The molecule has 6 heteroatoms. The van der Waals surface area contributed by atoms with Crippen LogP contribution in [-0.2, 0) is 9.84 Å². The van der Waals surface area contributed by atoms with E-state index in [1.165, 1.54) is 0 Å². The smallest absolute Gasteiger partial charge is 0.254 e. The van der Waals surface area contributed by atoms with Crippen LogP contribution >= 0.6 is 0 Å². The molecule has 2 rings (SSSR count). The van der Waals surface area contributed by atoms with Crippen LogP contribution in [0.5, 0.6) is 5.75 Å². The van der Waals surface area contributed by atoms with Crippen molar-refractivity contribution in [2.45, 2.75) is 26.3 Å². The number of carbonyl (C=O) groups is 1. The Hall–Kier alpha value is -1.56. The van der Waals surface area contributed by atoms with Gasteiger partial charge < -0.3 is 9.64 Å². The lowest BCUT2D eigenvalue weighted by molar-refractivity contribution is 0.0672. The monoisotopic (exact) mass is 325 g/mol. The summed E-state index contributed by atoms with van der Waals surface area (Å²) in [5.41, 5.74) is 0.561. The fraction of sp³-hybridized carbons (Fsp3) is 0.562. The maximum atomic E-state index is 12.8. The van der Waals surface area contributed by atoms with Gasteiger partial charge in [0.2, 0.25) is 0 Å². The average Bonchev–Trinajstić information content (AvgIpc) is 2.84. The molecular weight excluding hydrogens is 302 g/mol. The van der Waals surface area contributed by atoms with Gasteiger partial charge >= 0.3 is 0 Å². The Balaban J connectivity index is 2.22. The minimum Gasteiger partial charge on any atom is -0.497 e. The van der Waals surface area contributed by atoms with Gasteiger partial charge in [0.25, 0.3) is 5.91 Å². The normalized spacial score (nSPS) is 20.1. The van der Waals surface area contributed by atoms with E-state index in [4.69, 9.17) is 4.74 Å². The summed E-state index contributed by atoms with van der Waals surface area (Å²) in [6.45, 7) is 4.61. The molecule has 22 heavy (non-hydrogen) atoms. The fourth-order valence-electron chi connectivity index (χ4n) is 2.71. The van der Waals surface area contributed by atoms with Crippen molar-refractivity contribution in [3.05, 3.63) is 29.8 Å². The van der Waals surface area contributed by atoms with Crippen LogP contribution in [0, 0.1) is 5.92 Å². The SMILES string of the molecule is COc1ccc(C(=O)N(CC(C)C)[C@@H]2CCS(=O)(=O)C2)cc1. The van der Waals surface area contributed by atoms with E-state index in [0.717, 1.165) is 0 Å². The lowest BCUT2D eigenvalue weighted by Gasteiger charge is -2.30. The van der Waals surface area contributed by atoms with Crippen molar-refractivity contribution in [2.24, 2.45) is 5.92 Å². The predicted octanol–water partition coefficient (Wildman–Crippen LogP) is 1.98. The van der Waals surface area contributed by atoms with E-state index in [9.17, 15) is 13.2 Å². The van der Waals surface area contributed by atoms with Crippen molar-refractivity contribution >= 4 is 15.7 Å². The first-order chi connectivity index (χ1) is 10.3. The van der Waals surface area contributed by atoms with Crippen LogP contribution in [0.15, 0.2) is 24.3 Å². The second kappa shape index (κ2) is 6.69. The van der Waals surface area contributed by atoms with Gasteiger partial charge in [0.15, 0.2) is 9.84 Å². The summed E-state index contributed by atoms with van der Waals surface area (Å²) >= 11 is 0.